The third-order valence-corrected chi connectivity index (χ3v) is 3.03. The van der Waals surface area contributed by atoms with Gasteiger partial charge >= 0.3 is 0 Å². The largest absolute Gasteiger partial charge is 0.458 e. The van der Waals surface area contributed by atoms with Crippen molar-refractivity contribution in [2.75, 3.05) is 0 Å². The van der Waals surface area contributed by atoms with Gasteiger partial charge in [0.15, 0.2) is 5.71 Å². The molecular weight excluding hydrogens is 261 g/mol. The van der Waals surface area contributed by atoms with Crippen LogP contribution in [0, 0.1) is 0 Å². The fraction of sp³-hybridized carbons (Fsp3) is 0.133. The molecule has 0 fully saturated rings. The SMILES string of the molecule is ON=C1c2ccccc2OC1OC(F)c1ccccc1. The second-order valence-electron chi connectivity index (χ2n) is 4.29. The van der Waals surface area contributed by atoms with E-state index in [4.69, 9.17) is 14.7 Å². The molecule has 0 aliphatic carbocycles. The van der Waals surface area contributed by atoms with Crippen molar-refractivity contribution in [1.29, 1.82) is 0 Å². The Bertz CT molecular complexity index is 630. The van der Waals surface area contributed by atoms with Gasteiger partial charge in [-0.1, -0.05) is 47.6 Å². The number of ether oxygens (including phenoxy) is 2. The fourth-order valence-corrected chi connectivity index (χ4v) is 2.06. The first-order chi connectivity index (χ1) is 9.79. The number of fused-ring (bicyclic) bond motifs is 1. The second kappa shape index (κ2) is 5.30. The van der Waals surface area contributed by atoms with E-state index in [-0.39, 0.29) is 5.71 Å². The Morgan fingerprint density at radius 1 is 1.10 bits per heavy atom. The topological polar surface area (TPSA) is 51.1 Å². The molecule has 3 rings (SSSR count). The van der Waals surface area contributed by atoms with Gasteiger partial charge in [-0.25, -0.2) is 4.39 Å². The van der Waals surface area contributed by atoms with Crippen LogP contribution >= 0.6 is 0 Å². The standard InChI is InChI=1S/C15H12FNO3/c16-14(10-6-2-1-3-7-10)20-15-13(17-18)11-8-4-5-9-12(11)19-15/h1-9,14-15,18H. The summed E-state index contributed by atoms with van der Waals surface area (Å²) in [5.74, 6) is 0.505. The number of benzene rings is 2. The molecule has 1 aliphatic heterocycles. The molecule has 4 nitrogen and oxygen atoms in total. The van der Waals surface area contributed by atoms with Crippen molar-refractivity contribution in [3.05, 3.63) is 65.7 Å². The molecule has 2 unspecified atom stereocenters. The van der Waals surface area contributed by atoms with Crippen molar-refractivity contribution in [2.45, 2.75) is 12.6 Å². The summed E-state index contributed by atoms with van der Waals surface area (Å²) in [4.78, 5) is 0. The van der Waals surface area contributed by atoms with E-state index < -0.39 is 12.6 Å². The van der Waals surface area contributed by atoms with Gasteiger partial charge in [0, 0.05) is 11.1 Å². The van der Waals surface area contributed by atoms with Crippen molar-refractivity contribution in [2.24, 2.45) is 5.16 Å². The molecule has 0 radical (unpaired) electrons. The summed E-state index contributed by atoms with van der Waals surface area (Å²) >= 11 is 0. The lowest BCUT2D eigenvalue weighted by atomic mass is 10.1. The highest BCUT2D eigenvalue weighted by atomic mass is 19.1. The quantitative estimate of drug-likeness (QED) is 0.689. The number of hydrogen-bond donors (Lipinski definition) is 1. The summed E-state index contributed by atoms with van der Waals surface area (Å²) in [6, 6.07) is 15.4. The van der Waals surface area contributed by atoms with Gasteiger partial charge in [0.1, 0.15) is 5.75 Å². The van der Waals surface area contributed by atoms with Gasteiger partial charge in [-0.3, -0.25) is 4.74 Å². The molecule has 0 spiro atoms. The molecule has 2 aromatic carbocycles. The van der Waals surface area contributed by atoms with Crippen LogP contribution in [-0.2, 0) is 4.74 Å². The molecule has 102 valence electrons. The Labute approximate surface area is 115 Å². The molecule has 0 bridgehead atoms. The second-order valence-corrected chi connectivity index (χ2v) is 4.29. The number of halogens is 1. The minimum absolute atomic E-state index is 0.166. The average Bonchev–Trinajstić information content (AvgIpc) is 2.85. The van der Waals surface area contributed by atoms with Crippen LogP contribution in [0.1, 0.15) is 17.5 Å². The summed E-state index contributed by atoms with van der Waals surface area (Å²) < 4.78 is 24.7. The Morgan fingerprint density at radius 2 is 1.80 bits per heavy atom. The molecule has 5 heteroatoms. The zero-order valence-corrected chi connectivity index (χ0v) is 10.4. The molecule has 0 amide bonds. The van der Waals surface area contributed by atoms with Gasteiger partial charge in [0.25, 0.3) is 6.29 Å². The Hall–Kier alpha value is -2.40. The molecule has 1 N–H and O–H groups in total. The first-order valence-corrected chi connectivity index (χ1v) is 6.12. The third kappa shape index (κ3) is 2.23. The maximum atomic E-state index is 14.1. The zero-order chi connectivity index (χ0) is 13.9. The summed E-state index contributed by atoms with van der Waals surface area (Å²) in [6.07, 6.45) is -2.72. The van der Waals surface area contributed by atoms with E-state index in [1.807, 2.05) is 0 Å². The molecule has 0 saturated heterocycles. The molecule has 2 atom stereocenters. The Balaban J connectivity index is 1.80. The number of nitrogens with zero attached hydrogens (tertiary/aromatic N) is 1. The predicted octanol–water partition coefficient (Wildman–Crippen LogP) is 3.27. The van der Waals surface area contributed by atoms with E-state index in [9.17, 15) is 4.39 Å². The highest BCUT2D eigenvalue weighted by Gasteiger charge is 2.34. The smallest absolute Gasteiger partial charge is 0.250 e. The number of para-hydroxylation sites is 1. The number of alkyl halides is 1. The number of rotatable bonds is 3. The van der Waals surface area contributed by atoms with Crippen molar-refractivity contribution in [1.82, 2.24) is 0 Å². The van der Waals surface area contributed by atoms with Crippen LogP contribution in [0.15, 0.2) is 59.8 Å². The van der Waals surface area contributed by atoms with Crippen LogP contribution in [0.3, 0.4) is 0 Å². The van der Waals surface area contributed by atoms with Crippen molar-refractivity contribution >= 4 is 5.71 Å². The highest BCUT2D eigenvalue weighted by molar-refractivity contribution is 6.07. The normalized spacial score (nSPS) is 20.4. The lowest BCUT2D eigenvalue weighted by Crippen LogP contribution is -2.26. The Morgan fingerprint density at radius 3 is 2.55 bits per heavy atom. The zero-order valence-electron chi connectivity index (χ0n) is 10.4. The van der Waals surface area contributed by atoms with E-state index in [0.717, 1.165) is 0 Å². The monoisotopic (exact) mass is 273 g/mol. The average molecular weight is 273 g/mol. The molecule has 1 heterocycles. The lowest BCUT2D eigenvalue weighted by Gasteiger charge is -2.15. The summed E-state index contributed by atoms with van der Waals surface area (Å²) in [5, 5.41) is 12.2. The first-order valence-electron chi connectivity index (χ1n) is 6.12. The van der Waals surface area contributed by atoms with Crippen molar-refractivity contribution < 1.29 is 19.1 Å². The van der Waals surface area contributed by atoms with Crippen LogP contribution in [-0.4, -0.2) is 17.2 Å². The molecular formula is C15H12FNO3. The molecule has 0 saturated carbocycles. The van der Waals surface area contributed by atoms with Gasteiger partial charge in [0.2, 0.25) is 6.36 Å². The highest BCUT2D eigenvalue weighted by Crippen LogP contribution is 2.32. The third-order valence-electron chi connectivity index (χ3n) is 3.03. The van der Waals surface area contributed by atoms with Crippen LogP contribution in [0.2, 0.25) is 0 Å². The van der Waals surface area contributed by atoms with Crippen LogP contribution < -0.4 is 4.74 Å². The summed E-state index contributed by atoms with van der Waals surface area (Å²) in [6.45, 7) is 0. The predicted molar refractivity (Wildman–Crippen MR) is 70.6 cm³/mol. The van der Waals surface area contributed by atoms with E-state index in [2.05, 4.69) is 5.16 Å². The molecule has 20 heavy (non-hydrogen) atoms. The van der Waals surface area contributed by atoms with Crippen LogP contribution in [0.4, 0.5) is 4.39 Å². The van der Waals surface area contributed by atoms with E-state index >= 15 is 0 Å². The lowest BCUT2D eigenvalue weighted by molar-refractivity contribution is -0.129. The van der Waals surface area contributed by atoms with Gasteiger partial charge in [0.05, 0.1) is 0 Å². The summed E-state index contributed by atoms with van der Waals surface area (Å²) in [5.41, 5.74) is 1.14. The number of hydrogen-bond acceptors (Lipinski definition) is 4. The molecule has 2 aromatic rings. The maximum absolute atomic E-state index is 14.1. The summed E-state index contributed by atoms with van der Waals surface area (Å²) in [7, 11) is 0. The van der Waals surface area contributed by atoms with Gasteiger partial charge in [-0.05, 0) is 12.1 Å². The number of oxime groups is 1. The van der Waals surface area contributed by atoms with Crippen molar-refractivity contribution in [3.63, 3.8) is 0 Å². The van der Waals surface area contributed by atoms with Crippen LogP contribution in [0.5, 0.6) is 5.75 Å². The van der Waals surface area contributed by atoms with Gasteiger partial charge < -0.3 is 9.94 Å². The molecule has 0 aromatic heterocycles. The van der Waals surface area contributed by atoms with Gasteiger partial charge in [-0.2, -0.15) is 0 Å². The minimum Gasteiger partial charge on any atom is -0.458 e. The first kappa shape index (κ1) is 12.6. The Kier molecular flexibility index (Phi) is 3.35. The van der Waals surface area contributed by atoms with E-state index in [0.29, 0.717) is 16.9 Å². The van der Waals surface area contributed by atoms with Crippen molar-refractivity contribution in [3.8, 4) is 5.75 Å². The molecule has 1 aliphatic rings. The van der Waals surface area contributed by atoms with E-state index in [1.165, 1.54) is 0 Å². The maximum Gasteiger partial charge on any atom is 0.250 e. The van der Waals surface area contributed by atoms with Crippen LogP contribution in [0.25, 0.3) is 0 Å². The minimum atomic E-state index is -1.66. The van der Waals surface area contributed by atoms with Gasteiger partial charge in [-0.15, -0.1) is 0 Å². The van der Waals surface area contributed by atoms with E-state index in [1.54, 1.807) is 54.6 Å². The fourth-order valence-electron chi connectivity index (χ4n) is 2.06.